The molecule has 2 aromatic heterocycles. The standard InChI is InChI=1S/C22H22ClN5O2/c23-17-3-1-16-14-28(26-18(16)11-17)19-4-2-15(12-24-19)21(30)25-13-20(29)27-9-7-22(5-6-22)8-10-27/h1-4,11-12,14H,5-10,13H2,(H,25,30). The number of halogens is 1. The Labute approximate surface area is 179 Å². The van der Waals surface area contributed by atoms with Gasteiger partial charge in [-0.15, -0.1) is 0 Å². The maximum absolute atomic E-state index is 12.4. The van der Waals surface area contributed by atoms with E-state index in [9.17, 15) is 9.59 Å². The topological polar surface area (TPSA) is 80.1 Å². The molecule has 0 atom stereocenters. The number of nitrogens with zero attached hydrogens (tertiary/aromatic N) is 4. The van der Waals surface area contributed by atoms with Crippen molar-refractivity contribution < 1.29 is 9.59 Å². The van der Waals surface area contributed by atoms with Gasteiger partial charge < -0.3 is 10.2 Å². The summed E-state index contributed by atoms with van der Waals surface area (Å²) in [6, 6.07) is 8.90. The van der Waals surface area contributed by atoms with Gasteiger partial charge in [0.2, 0.25) is 5.91 Å². The van der Waals surface area contributed by atoms with Crippen molar-refractivity contribution >= 4 is 34.3 Å². The first-order chi connectivity index (χ1) is 14.5. The average molecular weight is 424 g/mol. The van der Waals surface area contributed by atoms with Crippen molar-refractivity contribution in [1.82, 2.24) is 25.0 Å². The molecule has 0 radical (unpaired) electrons. The molecule has 1 saturated heterocycles. The van der Waals surface area contributed by atoms with Crippen LogP contribution < -0.4 is 5.32 Å². The van der Waals surface area contributed by atoms with Gasteiger partial charge in [-0.3, -0.25) is 9.59 Å². The second-order valence-corrected chi connectivity index (χ2v) is 8.68. The highest BCUT2D eigenvalue weighted by atomic mass is 35.5. The van der Waals surface area contributed by atoms with Crippen LogP contribution in [0.25, 0.3) is 16.7 Å². The molecule has 2 fully saturated rings. The predicted molar refractivity (Wildman–Crippen MR) is 114 cm³/mol. The number of fused-ring (bicyclic) bond motifs is 1. The van der Waals surface area contributed by atoms with Crippen LogP contribution in [0.1, 0.15) is 36.0 Å². The summed E-state index contributed by atoms with van der Waals surface area (Å²) < 4.78 is 1.65. The SMILES string of the molecule is O=C(NCC(=O)N1CCC2(CC1)CC2)c1ccc(-n2cc3ccc(Cl)cc3n2)nc1. The van der Waals surface area contributed by atoms with Gasteiger partial charge in [0.1, 0.15) is 0 Å². The predicted octanol–water partition coefficient (Wildman–Crippen LogP) is 3.21. The molecule has 3 heterocycles. The molecule has 1 aromatic carbocycles. The van der Waals surface area contributed by atoms with Gasteiger partial charge in [0, 0.05) is 35.9 Å². The number of hydrogen-bond acceptors (Lipinski definition) is 4. The lowest BCUT2D eigenvalue weighted by Crippen LogP contribution is -2.44. The highest BCUT2D eigenvalue weighted by molar-refractivity contribution is 6.31. The zero-order chi connectivity index (χ0) is 20.7. The second kappa shape index (κ2) is 7.40. The second-order valence-electron chi connectivity index (χ2n) is 8.25. The average Bonchev–Trinajstić information content (AvgIpc) is 3.38. The van der Waals surface area contributed by atoms with E-state index in [1.54, 1.807) is 22.9 Å². The van der Waals surface area contributed by atoms with Crippen LogP contribution >= 0.6 is 11.6 Å². The molecule has 0 unspecified atom stereocenters. The molecule has 1 spiro atoms. The summed E-state index contributed by atoms with van der Waals surface area (Å²) in [7, 11) is 0. The van der Waals surface area contributed by atoms with Gasteiger partial charge in [-0.2, -0.15) is 5.10 Å². The molecule has 1 N–H and O–H groups in total. The van der Waals surface area contributed by atoms with Gasteiger partial charge in [-0.05, 0) is 61.4 Å². The van der Waals surface area contributed by atoms with Crippen molar-refractivity contribution in [3.05, 3.63) is 53.3 Å². The van der Waals surface area contributed by atoms with E-state index in [2.05, 4.69) is 15.4 Å². The van der Waals surface area contributed by atoms with Crippen LogP contribution in [-0.4, -0.2) is 51.1 Å². The number of pyridine rings is 1. The van der Waals surface area contributed by atoms with Crippen LogP contribution in [0.2, 0.25) is 5.02 Å². The molecule has 2 amide bonds. The Morgan fingerprint density at radius 3 is 2.60 bits per heavy atom. The number of benzene rings is 1. The maximum Gasteiger partial charge on any atom is 0.253 e. The van der Waals surface area contributed by atoms with Crippen LogP contribution in [0.3, 0.4) is 0 Å². The largest absolute Gasteiger partial charge is 0.343 e. The summed E-state index contributed by atoms with van der Waals surface area (Å²) in [6.07, 6.45) is 8.14. The molecule has 154 valence electrons. The maximum atomic E-state index is 12.4. The molecular formula is C22H22ClN5O2. The van der Waals surface area contributed by atoms with Crippen LogP contribution in [0.5, 0.6) is 0 Å². The molecule has 30 heavy (non-hydrogen) atoms. The molecule has 7 nitrogen and oxygen atoms in total. The van der Waals surface area contributed by atoms with Crippen LogP contribution in [0.15, 0.2) is 42.7 Å². The Morgan fingerprint density at radius 1 is 1.10 bits per heavy atom. The smallest absolute Gasteiger partial charge is 0.253 e. The first kappa shape index (κ1) is 19.1. The Morgan fingerprint density at radius 2 is 1.90 bits per heavy atom. The Hall–Kier alpha value is -2.93. The van der Waals surface area contributed by atoms with Crippen molar-refractivity contribution in [3.8, 4) is 5.82 Å². The van der Waals surface area contributed by atoms with E-state index >= 15 is 0 Å². The third-order valence-electron chi connectivity index (χ3n) is 6.25. The normalized spacial score (nSPS) is 17.3. The highest BCUT2D eigenvalue weighted by Crippen LogP contribution is 2.53. The van der Waals surface area contributed by atoms with E-state index in [-0.39, 0.29) is 18.4 Å². The fraction of sp³-hybridized carbons (Fsp3) is 0.364. The summed E-state index contributed by atoms with van der Waals surface area (Å²) in [5, 5.41) is 8.75. The fourth-order valence-corrected chi connectivity index (χ4v) is 4.21. The zero-order valence-corrected chi connectivity index (χ0v) is 17.2. The minimum atomic E-state index is -0.310. The van der Waals surface area contributed by atoms with Crippen LogP contribution in [-0.2, 0) is 4.79 Å². The van der Waals surface area contributed by atoms with Gasteiger partial charge in [0.05, 0.1) is 17.6 Å². The van der Waals surface area contributed by atoms with E-state index in [0.29, 0.717) is 21.8 Å². The fourth-order valence-electron chi connectivity index (χ4n) is 4.04. The van der Waals surface area contributed by atoms with Gasteiger partial charge in [0.15, 0.2) is 5.82 Å². The number of rotatable bonds is 4. The minimum Gasteiger partial charge on any atom is -0.343 e. The number of hydrogen-bond donors (Lipinski definition) is 1. The van der Waals surface area contributed by atoms with Crippen LogP contribution in [0, 0.1) is 5.41 Å². The number of nitrogens with one attached hydrogen (secondary N) is 1. The number of aromatic nitrogens is 3. The van der Waals surface area contributed by atoms with Gasteiger partial charge in [-0.25, -0.2) is 9.67 Å². The first-order valence-corrected chi connectivity index (χ1v) is 10.6. The summed E-state index contributed by atoms with van der Waals surface area (Å²) in [4.78, 5) is 31.0. The van der Waals surface area contributed by atoms with E-state index in [4.69, 9.17) is 11.6 Å². The Kier molecular flexibility index (Phi) is 4.70. The minimum absolute atomic E-state index is 0.0128. The number of carbonyl (C=O) groups is 2. The number of carbonyl (C=O) groups excluding carboxylic acids is 2. The van der Waals surface area contributed by atoms with Crippen molar-refractivity contribution in [2.75, 3.05) is 19.6 Å². The lowest BCUT2D eigenvalue weighted by molar-refractivity contribution is -0.131. The summed E-state index contributed by atoms with van der Waals surface area (Å²) in [6.45, 7) is 1.61. The van der Waals surface area contributed by atoms with Gasteiger partial charge in [-0.1, -0.05) is 11.6 Å². The molecule has 8 heteroatoms. The highest BCUT2D eigenvalue weighted by Gasteiger charge is 2.44. The molecule has 0 bridgehead atoms. The lowest BCUT2D eigenvalue weighted by Gasteiger charge is -2.32. The van der Waals surface area contributed by atoms with E-state index < -0.39 is 0 Å². The molecule has 1 aliphatic carbocycles. The summed E-state index contributed by atoms with van der Waals surface area (Å²) in [5.74, 6) is 0.262. The van der Waals surface area contributed by atoms with E-state index in [1.807, 2.05) is 23.2 Å². The number of likely N-dealkylation sites (tertiary alicyclic amines) is 1. The molecule has 2 aliphatic rings. The first-order valence-electron chi connectivity index (χ1n) is 10.2. The molecular weight excluding hydrogens is 402 g/mol. The summed E-state index contributed by atoms with van der Waals surface area (Å²) >= 11 is 6.01. The van der Waals surface area contributed by atoms with Gasteiger partial charge >= 0.3 is 0 Å². The van der Waals surface area contributed by atoms with Crippen LogP contribution in [0.4, 0.5) is 0 Å². The Bertz CT molecular complexity index is 1110. The Balaban J connectivity index is 1.19. The zero-order valence-electron chi connectivity index (χ0n) is 16.5. The monoisotopic (exact) mass is 423 g/mol. The molecule has 5 rings (SSSR count). The van der Waals surface area contributed by atoms with E-state index in [0.717, 1.165) is 36.8 Å². The number of amides is 2. The number of piperidine rings is 1. The molecule has 3 aromatic rings. The van der Waals surface area contributed by atoms with Crippen molar-refractivity contribution in [2.45, 2.75) is 25.7 Å². The third-order valence-corrected chi connectivity index (χ3v) is 6.48. The third kappa shape index (κ3) is 3.77. The van der Waals surface area contributed by atoms with Crippen molar-refractivity contribution in [3.63, 3.8) is 0 Å². The van der Waals surface area contributed by atoms with E-state index in [1.165, 1.54) is 19.0 Å². The quantitative estimate of drug-likeness (QED) is 0.698. The molecule has 1 aliphatic heterocycles. The lowest BCUT2D eigenvalue weighted by atomic mass is 9.94. The summed E-state index contributed by atoms with van der Waals surface area (Å²) in [5.41, 5.74) is 1.71. The van der Waals surface area contributed by atoms with Gasteiger partial charge in [0.25, 0.3) is 5.91 Å². The van der Waals surface area contributed by atoms with Crippen molar-refractivity contribution in [2.24, 2.45) is 5.41 Å². The van der Waals surface area contributed by atoms with Crippen molar-refractivity contribution in [1.29, 1.82) is 0 Å². The molecule has 1 saturated carbocycles.